The second-order valence-corrected chi connectivity index (χ2v) is 4.24. The van der Waals surface area contributed by atoms with E-state index in [1.807, 2.05) is 13.0 Å². The summed E-state index contributed by atoms with van der Waals surface area (Å²) in [5.74, 6) is 0.935. The maximum Gasteiger partial charge on any atom is 0.196 e. The Balaban J connectivity index is 2.16. The van der Waals surface area contributed by atoms with Gasteiger partial charge in [0.1, 0.15) is 5.75 Å². The van der Waals surface area contributed by atoms with E-state index in [1.54, 1.807) is 0 Å². The molecule has 1 N–H and O–H groups in total. The number of allylic oxidation sites excluding steroid dienone is 2. The number of hydrogen-bond donors (Lipinski definition) is 1. The molecule has 1 aromatic rings. The molecule has 17 heavy (non-hydrogen) atoms. The summed E-state index contributed by atoms with van der Waals surface area (Å²) in [7, 11) is 0. The average molecular weight is 229 g/mol. The maximum atomic E-state index is 5.88. The fourth-order valence-corrected chi connectivity index (χ4v) is 1.90. The van der Waals surface area contributed by atoms with Crippen LogP contribution in [0.15, 0.2) is 42.0 Å². The Kier molecular flexibility index (Phi) is 3.52. The van der Waals surface area contributed by atoms with E-state index in [0.29, 0.717) is 0 Å². The number of ether oxygens (including phenoxy) is 1. The van der Waals surface area contributed by atoms with Crippen molar-refractivity contribution >= 4 is 5.69 Å². The third-order valence-corrected chi connectivity index (χ3v) is 2.85. The summed E-state index contributed by atoms with van der Waals surface area (Å²) in [6.07, 6.45) is 7.34. The summed E-state index contributed by atoms with van der Waals surface area (Å²) < 4.78 is 5.88. The van der Waals surface area contributed by atoms with Gasteiger partial charge in [-0.15, -0.1) is 0 Å². The van der Waals surface area contributed by atoms with Gasteiger partial charge in [0.25, 0.3) is 0 Å². The van der Waals surface area contributed by atoms with Crippen LogP contribution in [0.25, 0.3) is 0 Å². The minimum Gasteiger partial charge on any atom is -0.464 e. The summed E-state index contributed by atoms with van der Waals surface area (Å²) in [5.41, 5.74) is 3.49. The fraction of sp³-hybridized carbons (Fsp3) is 0.333. The van der Waals surface area contributed by atoms with Gasteiger partial charge in [0.2, 0.25) is 0 Å². The van der Waals surface area contributed by atoms with Crippen LogP contribution in [-0.2, 0) is 0 Å². The fourth-order valence-electron chi connectivity index (χ4n) is 1.90. The van der Waals surface area contributed by atoms with Crippen LogP contribution in [0.5, 0.6) is 5.75 Å². The van der Waals surface area contributed by atoms with E-state index >= 15 is 0 Å². The Morgan fingerprint density at radius 2 is 2.29 bits per heavy atom. The molecule has 0 spiro atoms. The number of rotatable bonds is 3. The lowest BCUT2D eigenvalue weighted by Crippen LogP contribution is -2.21. The first-order valence-corrected chi connectivity index (χ1v) is 6.11. The Bertz CT molecular complexity index is 460. The van der Waals surface area contributed by atoms with Gasteiger partial charge in [-0.05, 0) is 38.0 Å². The highest BCUT2D eigenvalue weighted by molar-refractivity contribution is 5.63. The molecule has 0 saturated carbocycles. The maximum absolute atomic E-state index is 5.88. The second kappa shape index (κ2) is 5.09. The van der Waals surface area contributed by atoms with Crippen LogP contribution in [0.2, 0.25) is 0 Å². The molecule has 90 valence electrons. The quantitative estimate of drug-likeness (QED) is 0.790. The molecule has 0 aromatic heterocycles. The first-order chi connectivity index (χ1) is 8.24. The Labute approximate surface area is 103 Å². The number of fused-ring (bicyclic) bond motifs is 1. The van der Waals surface area contributed by atoms with E-state index in [9.17, 15) is 0 Å². The van der Waals surface area contributed by atoms with Gasteiger partial charge in [0.05, 0.1) is 5.69 Å². The molecule has 0 amide bonds. The standard InChI is InChI=1S/C15H19NO/c1-4-6-7-12(5-2)15-16-13-10-11(3)8-9-14(13)17-15/h5-10,15-16H,4H2,1-3H3/b7-6-,12-5+. The Morgan fingerprint density at radius 1 is 1.47 bits per heavy atom. The number of hydrogen-bond acceptors (Lipinski definition) is 2. The van der Waals surface area contributed by atoms with Crippen molar-refractivity contribution in [2.75, 3.05) is 5.32 Å². The summed E-state index contributed by atoms with van der Waals surface area (Å²) >= 11 is 0. The lowest BCUT2D eigenvalue weighted by Gasteiger charge is -2.12. The van der Waals surface area contributed by atoms with Gasteiger partial charge in [0.15, 0.2) is 6.23 Å². The van der Waals surface area contributed by atoms with Crippen molar-refractivity contribution in [1.29, 1.82) is 0 Å². The monoisotopic (exact) mass is 229 g/mol. The highest BCUT2D eigenvalue weighted by atomic mass is 16.5. The van der Waals surface area contributed by atoms with Crippen LogP contribution in [0.3, 0.4) is 0 Å². The molecule has 1 unspecified atom stereocenters. The molecule has 2 heteroatoms. The minimum absolute atomic E-state index is 0.0559. The predicted octanol–water partition coefficient (Wildman–Crippen LogP) is 4.04. The summed E-state index contributed by atoms with van der Waals surface area (Å²) in [5, 5.41) is 3.39. The van der Waals surface area contributed by atoms with Crippen LogP contribution in [0.4, 0.5) is 5.69 Å². The van der Waals surface area contributed by atoms with Crippen LogP contribution >= 0.6 is 0 Å². The van der Waals surface area contributed by atoms with E-state index < -0.39 is 0 Å². The molecule has 0 saturated heterocycles. The molecule has 1 heterocycles. The zero-order valence-corrected chi connectivity index (χ0v) is 10.7. The van der Waals surface area contributed by atoms with Crippen molar-refractivity contribution in [3.8, 4) is 5.75 Å². The Morgan fingerprint density at radius 3 is 3.00 bits per heavy atom. The van der Waals surface area contributed by atoms with E-state index in [4.69, 9.17) is 4.74 Å². The van der Waals surface area contributed by atoms with E-state index in [2.05, 4.69) is 49.5 Å². The van der Waals surface area contributed by atoms with Crippen LogP contribution in [0.1, 0.15) is 25.8 Å². The molecular formula is C15H19NO. The molecule has 0 bridgehead atoms. The van der Waals surface area contributed by atoms with Crippen molar-refractivity contribution in [1.82, 2.24) is 0 Å². The molecule has 2 nitrogen and oxygen atoms in total. The van der Waals surface area contributed by atoms with Gasteiger partial charge in [-0.1, -0.05) is 31.2 Å². The largest absolute Gasteiger partial charge is 0.464 e. The number of anilines is 1. The minimum atomic E-state index is -0.0559. The van der Waals surface area contributed by atoms with Crippen molar-refractivity contribution in [3.63, 3.8) is 0 Å². The number of aryl methyl sites for hydroxylation is 1. The van der Waals surface area contributed by atoms with E-state index in [0.717, 1.165) is 17.9 Å². The lowest BCUT2D eigenvalue weighted by atomic mass is 10.2. The van der Waals surface area contributed by atoms with Crippen molar-refractivity contribution in [3.05, 3.63) is 47.6 Å². The average Bonchev–Trinajstić information content (AvgIpc) is 2.72. The molecule has 1 atom stereocenters. The van der Waals surface area contributed by atoms with Crippen molar-refractivity contribution in [2.45, 2.75) is 33.4 Å². The predicted molar refractivity (Wildman–Crippen MR) is 72.4 cm³/mol. The van der Waals surface area contributed by atoms with Gasteiger partial charge in [0, 0.05) is 5.57 Å². The molecule has 0 radical (unpaired) electrons. The third kappa shape index (κ3) is 2.52. The first-order valence-electron chi connectivity index (χ1n) is 6.11. The zero-order chi connectivity index (χ0) is 12.3. The topological polar surface area (TPSA) is 21.3 Å². The van der Waals surface area contributed by atoms with Gasteiger partial charge in [-0.2, -0.15) is 0 Å². The highest BCUT2D eigenvalue weighted by Crippen LogP contribution is 2.34. The molecule has 1 aliphatic heterocycles. The smallest absolute Gasteiger partial charge is 0.196 e. The SMILES string of the molecule is C/C=C(\C=C/CC)C1Nc2cc(C)ccc2O1. The highest BCUT2D eigenvalue weighted by Gasteiger charge is 2.23. The molecule has 1 aromatic carbocycles. The molecule has 1 aliphatic rings. The third-order valence-electron chi connectivity index (χ3n) is 2.85. The van der Waals surface area contributed by atoms with Crippen LogP contribution in [-0.4, -0.2) is 6.23 Å². The van der Waals surface area contributed by atoms with Crippen LogP contribution in [0, 0.1) is 6.92 Å². The van der Waals surface area contributed by atoms with Gasteiger partial charge in [-0.25, -0.2) is 0 Å². The van der Waals surface area contributed by atoms with Crippen LogP contribution < -0.4 is 10.1 Å². The summed E-state index contributed by atoms with van der Waals surface area (Å²) in [4.78, 5) is 0. The summed E-state index contributed by atoms with van der Waals surface area (Å²) in [6.45, 7) is 6.25. The van der Waals surface area contributed by atoms with E-state index in [-0.39, 0.29) is 6.23 Å². The van der Waals surface area contributed by atoms with E-state index in [1.165, 1.54) is 11.1 Å². The van der Waals surface area contributed by atoms with Gasteiger partial charge < -0.3 is 10.1 Å². The second-order valence-electron chi connectivity index (χ2n) is 4.24. The molecular weight excluding hydrogens is 210 g/mol. The molecule has 2 rings (SSSR count). The van der Waals surface area contributed by atoms with Crippen molar-refractivity contribution < 1.29 is 4.74 Å². The lowest BCUT2D eigenvalue weighted by molar-refractivity contribution is 0.293. The molecule has 0 aliphatic carbocycles. The zero-order valence-electron chi connectivity index (χ0n) is 10.7. The van der Waals surface area contributed by atoms with Crippen molar-refractivity contribution in [2.24, 2.45) is 0 Å². The number of benzene rings is 1. The Hall–Kier alpha value is -1.70. The molecule has 0 fully saturated rings. The normalized spacial score (nSPS) is 19.0. The summed E-state index contributed by atoms with van der Waals surface area (Å²) in [6, 6.07) is 6.21. The van der Waals surface area contributed by atoms with Gasteiger partial charge >= 0.3 is 0 Å². The first kappa shape index (κ1) is 11.8. The number of nitrogens with one attached hydrogen (secondary N) is 1. The van der Waals surface area contributed by atoms with Gasteiger partial charge in [-0.3, -0.25) is 0 Å².